The zero-order valence-corrected chi connectivity index (χ0v) is 19.1. The van der Waals surface area contributed by atoms with Crippen LogP contribution in [0.5, 0.6) is 0 Å². The molecule has 2 fully saturated rings. The van der Waals surface area contributed by atoms with Crippen LogP contribution >= 0.6 is 0 Å². The van der Waals surface area contributed by atoms with E-state index in [1.54, 1.807) is 18.2 Å². The van der Waals surface area contributed by atoms with E-state index in [0.717, 1.165) is 5.56 Å². The van der Waals surface area contributed by atoms with Crippen molar-refractivity contribution in [2.45, 2.75) is 63.5 Å². The molecule has 0 radical (unpaired) electrons. The first-order chi connectivity index (χ1) is 16.4. The van der Waals surface area contributed by atoms with Crippen LogP contribution in [0.1, 0.15) is 49.7 Å². The number of hydrogen-bond acceptors (Lipinski definition) is 3. The van der Waals surface area contributed by atoms with Crippen molar-refractivity contribution in [1.29, 1.82) is 0 Å². The van der Waals surface area contributed by atoms with Gasteiger partial charge in [-0.25, -0.2) is 0 Å². The highest BCUT2D eigenvalue weighted by Gasteiger charge is 2.42. The summed E-state index contributed by atoms with van der Waals surface area (Å²) >= 11 is 0. The summed E-state index contributed by atoms with van der Waals surface area (Å²) < 4.78 is 81.0. The molecule has 1 heterocycles. The van der Waals surface area contributed by atoms with Crippen LogP contribution in [0.25, 0.3) is 10.8 Å². The van der Waals surface area contributed by atoms with Crippen LogP contribution in [0.15, 0.2) is 30.3 Å². The molecule has 2 N–H and O–H groups in total. The van der Waals surface area contributed by atoms with E-state index < -0.39 is 35.8 Å². The Balaban J connectivity index is 1.51. The first-order valence-corrected chi connectivity index (χ1v) is 11.8. The van der Waals surface area contributed by atoms with Crippen molar-refractivity contribution in [2.24, 2.45) is 11.8 Å². The molecule has 1 saturated heterocycles. The smallest absolute Gasteiger partial charge is 0.418 e. The van der Waals surface area contributed by atoms with Crippen LogP contribution in [0.4, 0.5) is 32.0 Å². The van der Waals surface area contributed by atoms with Gasteiger partial charge in [0.05, 0.1) is 17.4 Å². The zero-order chi connectivity index (χ0) is 25.4. The molecule has 0 bridgehead atoms. The summed E-state index contributed by atoms with van der Waals surface area (Å²) in [5, 5.41) is 12.5. The van der Waals surface area contributed by atoms with Crippen molar-refractivity contribution < 1.29 is 36.2 Å². The fourth-order valence-electron chi connectivity index (χ4n) is 5.28. The van der Waals surface area contributed by atoms with Gasteiger partial charge in [0.2, 0.25) is 0 Å². The number of likely N-dealkylation sites (tertiary alicyclic amines) is 1. The molecular weight excluding hydrogens is 474 g/mol. The summed E-state index contributed by atoms with van der Waals surface area (Å²) in [6.45, 7) is 1.75. The van der Waals surface area contributed by atoms with E-state index in [1.807, 2.05) is 0 Å². The minimum absolute atomic E-state index is 0.0415. The van der Waals surface area contributed by atoms with Gasteiger partial charge in [-0.2, -0.15) is 26.3 Å². The lowest BCUT2D eigenvalue weighted by molar-refractivity contribution is -0.182. The molecule has 4 rings (SSSR count). The molecular formula is C25H28F6N2O2. The maximum Gasteiger partial charge on any atom is 0.418 e. The van der Waals surface area contributed by atoms with Gasteiger partial charge < -0.3 is 10.4 Å². The lowest BCUT2D eigenvalue weighted by atomic mass is 9.85. The number of benzene rings is 2. The Hall–Kier alpha value is -2.49. The molecule has 2 aromatic carbocycles. The van der Waals surface area contributed by atoms with Gasteiger partial charge in [-0.05, 0) is 80.1 Å². The van der Waals surface area contributed by atoms with E-state index in [-0.39, 0.29) is 42.7 Å². The normalized spacial score (nSPS) is 22.9. The molecule has 1 aliphatic carbocycles. The number of carboxylic acids is 1. The lowest BCUT2D eigenvalue weighted by Crippen LogP contribution is -2.35. The highest BCUT2D eigenvalue weighted by molar-refractivity contribution is 5.91. The molecule has 35 heavy (non-hydrogen) atoms. The quantitative estimate of drug-likeness (QED) is 0.448. The van der Waals surface area contributed by atoms with Crippen molar-refractivity contribution in [3.63, 3.8) is 0 Å². The number of aliphatic carboxylic acids is 1. The minimum Gasteiger partial charge on any atom is -0.481 e. The molecule has 0 aromatic heterocycles. The Morgan fingerprint density at radius 1 is 0.943 bits per heavy atom. The van der Waals surface area contributed by atoms with Crippen molar-refractivity contribution in [3.8, 4) is 0 Å². The number of fused-ring (bicyclic) bond motifs is 1. The highest BCUT2D eigenvalue weighted by atomic mass is 19.4. The first kappa shape index (κ1) is 25.6. The Labute approximate surface area is 199 Å². The van der Waals surface area contributed by atoms with Gasteiger partial charge in [-0.1, -0.05) is 18.2 Å². The van der Waals surface area contributed by atoms with Gasteiger partial charge in [0, 0.05) is 18.3 Å². The van der Waals surface area contributed by atoms with Crippen LogP contribution in [0.2, 0.25) is 0 Å². The predicted octanol–water partition coefficient (Wildman–Crippen LogP) is 6.69. The molecule has 192 valence electrons. The average molecular weight is 502 g/mol. The van der Waals surface area contributed by atoms with Crippen LogP contribution in [0.3, 0.4) is 0 Å². The third-order valence-electron chi connectivity index (χ3n) is 7.26. The zero-order valence-electron chi connectivity index (χ0n) is 19.1. The fourth-order valence-corrected chi connectivity index (χ4v) is 5.28. The lowest BCUT2D eigenvalue weighted by Gasteiger charge is -2.32. The second-order valence-corrected chi connectivity index (χ2v) is 9.66. The van der Waals surface area contributed by atoms with Crippen molar-refractivity contribution in [3.05, 3.63) is 41.5 Å². The number of carboxylic acid groups (broad SMARTS) is 1. The fraction of sp³-hybridized carbons (Fsp3) is 0.560. The Kier molecular flexibility index (Phi) is 7.22. The number of nitrogens with zero attached hydrogens (tertiary/aromatic N) is 1. The average Bonchev–Trinajstić information content (AvgIpc) is 2.78. The van der Waals surface area contributed by atoms with E-state index in [9.17, 15) is 31.1 Å². The van der Waals surface area contributed by atoms with Crippen molar-refractivity contribution in [1.82, 2.24) is 4.90 Å². The number of nitrogens with one attached hydrogen (secondary N) is 1. The van der Waals surface area contributed by atoms with E-state index in [4.69, 9.17) is 5.11 Å². The Morgan fingerprint density at radius 2 is 1.60 bits per heavy atom. The molecule has 1 saturated carbocycles. The second-order valence-electron chi connectivity index (χ2n) is 9.66. The molecule has 10 heteroatoms. The number of piperidine rings is 1. The summed E-state index contributed by atoms with van der Waals surface area (Å²) in [6, 6.07) is 7.34. The van der Waals surface area contributed by atoms with Crippen LogP contribution in [-0.2, 0) is 17.5 Å². The Morgan fingerprint density at radius 3 is 2.17 bits per heavy atom. The van der Waals surface area contributed by atoms with Gasteiger partial charge in [-0.3, -0.25) is 9.69 Å². The van der Waals surface area contributed by atoms with Crippen LogP contribution < -0.4 is 5.32 Å². The third-order valence-corrected chi connectivity index (χ3v) is 7.26. The SMILES string of the molecule is O=C(O)C1CCN(Cc2ccc3c(C(F)(F)F)c(NC4CCC(C(F)(F)F)CC4)ccc3c2)CC1. The van der Waals surface area contributed by atoms with Crippen LogP contribution in [-0.4, -0.2) is 41.3 Å². The monoisotopic (exact) mass is 502 g/mol. The third kappa shape index (κ3) is 6.02. The van der Waals surface area contributed by atoms with E-state index in [2.05, 4.69) is 10.2 Å². The summed E-state index contributed by atoms with van der Waals surface area (Å²) in [4.78, 5) is 13.2. The van der Waals surface area contributed by atoms with Gasteiger partial charge >= 0.3 is 18.3 Å². The van der Waals surface area contributed by atoms with E-state index in [0.29, 0.717) is 37.9 Å². The number of halogens is 6. The number of alkyl halides is 6. The number of carbonyl (C=O) groups is 1. The summed E-state index contributed by atoms with van der Waals surface area (Å²) in [5.74, 6) is -2.55. The predicted molar refractivity (Wildman–Crippen MR) is 120 cm³/mol. The topological polar surface area (TPSA) is 52.6 Å². The Bertz CT molecular complexity index is 1050. The standard InChI is InChI=1S/C25H28F6N2O2/c26-24(27,28)18-3-5-19(6-4-18)32-21-8-2-17-13-15(1-7-20(17)22(21)25(29,30)31)14-33-11-9-16(10-12-33)23(34)35/h1-2,7-8,13,16,18-19,32H,3-6,9-12,14H2,(H,34,35). The van der Waals surface area contributed by atoms with Gasteiger partial charge in [0.15, 0.2) is 0 Å². The number of rotatable bonds is 5. The molecule has 0 unspecified atom stereocenters. The summed E-state index contributed by atoms with van der Waals surface area (Å²) in [5.41, 5.74) is -0.0729. The molecule has 4 nitrogen and oxygen atoms in total. The summed E-state index contributed by atoms with van der Waals surface area (Å²) in [6.07, 6.45) is -7.68. The van der Waals surface area contributed by atoms with Gasteiger partial charge in [0.25, 0.3) is 0 Å². The maximum atomic E-state index is 14.1. The molecule has 1 aliphatic heterocycles. The van der Waals surface area contributed by atoms with Crippen molar-refractivity contribution in [2.75, 3.05) is 18.4 Å². The van der Waals surface area contributed by atoms with Crippen molar-refractivity contribution >= 4 is 22.4 Å². The summed E-state index contributed by atoms with van der Waals surface area (Å²) in [7, 11) is 0. The van der Waals surface area contributed by atoms with E-state index >= 15 is 0 Å². The molecule has 2 aliphatic rings. The minimum atomic E-state index is -4.63. The highest BCUT2D eigenvalue weighted by Crippen LogP contribution is 2.43. The van der Waals surface area contributed by atoms with Crippen LogP contribution in [0, 0.1) is 11.8 Å². The number of anilines is 1. The second kappa shape index (κ2) is 9.87. The largest absolute Gasteiger partial charge is 0.481 e. The molecule has 0 amide bonds. The first-order valence-electron chi connectivity index (χ1n) is 11.8. The number of hydrogen-bond donors (Lipinski definition) is 2. The van der Waals surface area contributed by atoms with Gasteiger partial charge in [-0.15, -0.1) is 0 Å². The molecule has 0 spiro atoms. The molecule has 2 aromatic rings. The van der Waals surface area contributed by atoms with E-state index in [1.165, 1.54) is 12.1 Å². The maximum absolute atomic E-state index is 14.1. The molecule has 0 atom stereocenters. The van der Waals surface area contributed by atoms with Gasteiger partial charge in [0.1, 0.15) is 0 Å².